The highest BCUT2D eigenvalue weighted by atomic mass is 32.2. The highest BCUT2D eigenvalue weighted by molar-refractivity contribution is 8.11. The maximum atomic E-state index is 13.4. The summed E-state index contributed by atoms with van der Waals surface area (Å²) in [5.41, 5.74) is 1.81. The Morgan fingerprint density at radius 3 is 2.21 bits per heavy atom. The molecule has 152 valence electrons. The molecule has 2 saturated heterocycles. The average molecular weight is 412 g/mol. The van der Waals surface area contributed by atoms with E-state index < -0.39 is 11.0 Å². The third-order valence-corrected chi connectivity index (χ3v) is 6.53. The predicted molar refractivity (Wildman–Crippen MR) is 113 cm³/mol. The summed E-state index contributed by atoms with van der Waals surface area (Å²) in [6.07, 6.45) is 2.06. The number of rotatable bonds is 5. The van der Waals surface area contributed by atoms with E-state index in [4.69, 9.17) is 5.11 Å². The second kappa shape index (κ2) is 8.57. The van der Waals surface area contributed by atoms with Crippen molar-refractivity contribution < 1.29 is 14.7 Å². The minimum Gasteiger partial charge on any atom is -0.472 e. The van der Waals surface area contributed by atoms with Gasteiger partial charge in [0.1, 0.15) is 0 Å². The van der Waals surface area contributed by atoms with Crippen LogP contribution in [0.5, 0.6) is 0 Å². The Kier molecular flexibility index (Phi) is 5.89. The van der Waals surface area contributed by atoms with Gasteiger partial charge in [0.25, 0.3) is 0 Å². The van der Waals surface area contributed by atoms with E-state index in [1.807, 2.05) is 69.9 Å². The number of carbonyl (C=O) groups is 2. The molecule has 0 bridgehead atoms. The Labute approximate surface area is 175 Å². The van der Waals surface area contributed by atoms with Crippen molar-refractivity contribution >= 4 is 23.2 Å². The van der Waals surface area contributed by atoms with Crippen LogP contribution >= 0.6 is 11.9 Å². The molecule has 29 heavy (non-hydrogen) atoms. The molecule has 1 atom stereocenters. The van der Waals surface area contributed by atoms with E-state index in [1.54, 1.807) is 0 Å². The molecular weight excluding hydrogens is 386 g/mol. The number of carbonyl (C=O) groups excluding carboxylic acids is 1. The van der Waals surface area contributed by atoms with E-state index in [2.05, 4.69) is 5.32 Å². The number of hydrogen-bond acceptors (Lipinski definition) is 5. The number of carboxylic acid groups (broad SMARTS) is 1. The van der Waals surface area contributed by atoms with Crippen LogP contribution in [0.1, 0.15) is 24.0 Å². The molecule has 2 heterocycles. The van der Waals surface area contributed by atoms with E-state index >= 15 is 0 Å². The van der Waals surface area contributed by atoms with Crippen molar-refractivity contribution in [2.75, 3.05) is 13.1 Å². The molecule has 4 rings (SSSR count). The third kappa shape index (κ3) is 4.47. The molecule has 1 spiro atoms. The standard InChI is InChI=1S/C22H25N3O3S/c26-20-19(15-17-7-3-1-4-8-17)23-22(11-13-24(14-12-22)29-21(27)28)25(20)16-18-9-5-2-6-10-18/h1-10,19,23H,11-16H2,(H,27,28). The summed E-state index contributed by atoms with van der Waals surface area (Å²) < 4.78 is 1.87. The smallest absolute Gasteiger partial charge is 0.380 e. The Morgan fingerprint density at radius 1 is 1.03 bits per heavy atom. The number of nitrogens with one attached hydrogen (secondary N) is 1. The Balaban J connectivity index is 1.55. The second-order valence-corrected chi connectivity index (χ2v) is 8.66. The largest absolute Gasteiger partial charge is 0.472 e. The molecule has 0 radical (unpaired) electrons. The van der Waals surface area contributed by atoms with Gasteiger partial charge < -0.3 is 10.0 Å². The molecule has 2 aromatic rings. The summed E-state index contributed by atoms with van der Waals surface area (Å²) in [5, 5.41) is 11.8. The summed E-state index contributed by atoms with van der Waals surface area (Å²) in [6.45, 7) is 1.81. The predicted octanol–water partition coefficient (Wildman–Crippen LogP) is 3.35. The van der Waals surface area contributed by atoms with E-state index in [9.17, 15) is 9.59 Å². The zero-order valence-electron chi connectivity index (χ0n) is 16.2. The summed E-state index contributed by atoms with van der Waals surface area (Å²) >= 11 is 0.846. The van der Waals surface area contributed by atoms with Crippen LogP contribution in [-0.4, -0.2) is 50.3 Å². The van der Waals surface area contributed by atoms with Crippen molar-refractivity contribution in [1.82, 2.24) is 14.5 Å². The van der Waals surface area contributed by atoms with Crippen molar-refractivity contribution in [3.63, 3.8) is 0 Å². The van der Waals surface area contributed by atoms with Crippen molar-refractivity contribution in [2.24, 2.45) is 0 Å². The van der Waals surface area contributed by atoms with Crippen LogP contribution in [-0.2, 0) is 17.8 Å². The number of nitrogens with zero attached hydrogens (tertiary/aromatic N) is 2. The molecule has 0 saturated carbocycles. The van der Waals surface area contributed by atoms with E-state index in [0.29, 0.717) is 38.9 Å². The van der Waals surface area contributed by atoms with Gasteiger partial charge in [0.15, 0.2) is 0 Å². The molecule has 0 aliphatic carbocycles. The molecule has 2 aromatic carbocycles. The van der Waals surface area contributed by atoms with Crippen molar-refractivity contribution in [3.8, 4) is 0 Å². The number of piperidine rings is 1. The number of benzene rings is 2. The van der Waals surface area contributed by atoms with E-state index in [1.165, 1.54) is 0 Å². The zero-order chi connectivity index (χ0) is 20.3. The fourth-order valence-corrected chi connectivity index (χ4v) is 4.90. The van der Waals surface area contributed by atoms with Gasteiger partial charge in [-0.25, -0.2) is 9.10 Å². The first kappa shape index (κ1) is 19.9. The van der Waals surface area contributed by atoms with Gasteiger partial charge in [-0.05, 0) is 30.4 Å². The molecule has 2 aliphatic rings. The molecule has 2 aliphatic heterocycles. The first-order valence-corrected chi connectivity index (χ1v) is 10.7. The zero-order valence-corrected chi connectivity index (χ0v) is 17.0. The minimum atomic E-state index is -0.889. The monoisotopic (exact) mass is 411 g/mol. The molecule has 7 heteroatoms. The van der Waals surface area contributed by atoms with Crippen LogP contribution in [0.15, 0.2) is 60.7 Å². The van der Waals surface area contributed by atoms with Crippen LogP contribution < -0.4 is 5.32 Å². The van der Waals surface area contributed by atoms with Crippen LogP contribution in [0.4, 0.5) is 4.79 Å². The fourth-order valence-electron chi connectivity index (χ4n) is 4.32. The lowest BCUT2D eigenvalue weighted by molar-refractivity contribution is -0.134. The van der Waals surface area contributed by atoms with E-state index in [-0.39, 0.29) is 11.9 Å². The van der Waals surface area contributed by atoms with Crippen molar-refractivity contribution in [1.29, 1.82) is 0 Å². The topological polar surface area (TPSA) is 72.9 Å². The normalized spacial score (nSPS) is 21.6. The summed E-state index contributed by atoms with van der Waals surface area (Å²) in [6, 6.07) is 19.8. The SMILES string of the molecule is O=C(O)SN1CCC2(CC1)NC(Cc1ccccc1)C(=O)N2Cc1ccccc1. The summed E-state index contributed by atoms with van der Waals surface area (Å²) in [7, 11) is 0. The maximum absolute atomic E-state index is 13.4. The lowest BCUT2D eigenvalue weighted by Gasteiger charge is -2.44. The quantitative estimate of drug-likeness (QED) is 0.735. The second-order valence-electron chi connectivity index (χ2n) is 7.61. The Bertz CT molecular complexity index is 854. The minimum absolute atomic E-state index is 0.122. The average Bonchev–Trinajstić information content (AvgIpc) is 2.97. The van der Waals surface area contributed by atoms with E-state index in [0.717, 1.165) is 23.1 Å². The summed E-state index contributed by atoms with van der Waals surface area (Å²) in [4.78, 5) is 26.4. The molecular formula is C22H25N3O3S. The van der Waals surface area contributed by atoms with Crippen LogP contribution in [0.2, 0.25) is 0 Å². The van der Waals surface area contributed by atoms with Gasteiger partial charge in [0.05, 0.1) is 11.7 Å². The maximum Gasteiger partial charge on any atom is 0.380 e. The molecule has 6 nitrogen and oxygen atoms in total. The van der Waals surface area contributed by atoms with Gasteiger partial charge in [0, 0.05) is 31.6 Å². The highest BCUT2D eigenvalue weighted by Gasteiger charge is 2.51. The lowest BCUT2D eigenvalue weighted by atomic mass is 9.96. The van der Waals surface area contributed by atoms with Crippen molar-refractivity contribution in [3.05, 3.63) is 71.8 Å². The molecule has 2 N–H and O–H groups in total. The van der Waals surface area contributed by atoms with Gasteiger partial charge in [-0.2, -0.15) is 0 Å². The first-order valence-electron chi connectivity index (χ1n) is 9.89. The van der Waals surface area contributed by atoms with Gasteiger partial charge in [-0.1, -0.05) is 60.7 Å². The summed E-state index contributed by atoms with van der Waals surface area (Å²) in [5.74, 6) is 0.122. The van der Waals surface area contributed by atoms with Gasteiger partial charge >= 0.3 is 5.30 Å². The molecule has 1 amide bonds. The Morgan fingerprint density at radius 2 is 1.62 bits per heavy atom. The molecule has 1 unspecified atom stereocenters. The van der Waals surface area contributed by atoms with Crippen molar-refractivity contribution in [2.45, 2.75) is 37.5 Å². The van der Waals surface area contributed by atoms with Crippen LogP contribution in [0.3, 0.4) is 0 Å². The lowest BCUT2D eigenvalue weighted by Crippen LogP contribution is -2.57. The van der Waals surface area contributed by atoms with Crippen LogP contribution in [0.25, 0.3) is 0 Å². The van der Waals surface area contributed by atoms with Crippen LogP contribution in [0, 0.1) is 0 Å². The van der Waals surface area contributed by atoms with Gasteiger partial charge in [-0.3, -0.25) is 10.1 Å². The third-order valence-electron chi connectivity index (χ3n) is 5.75. The Hall–Kier alpha value is -2.35. The highest BCUT2D eigenvalue weighted by Crippen LogP contribution is 2.36. The van der Waals surface area contributed by atoms with Gasteiger partial charge in [-0.15, -0.1) is 0 Å². The fraction of sp³-hybridized carbons (Fsp3) is 0.364. The number of hydrogen-bond donors (Lipinski definition) is 2. The first-order chi connectivity index (χ1) is 14.1. The molecule has 2 fully saturated rings. The molecule has 0 aromatic heterocycles. The number of amides is 1. The van der Waals surface area contributed by atoms with Gasteiger partial charge in [0.2, 0.25) is 5.91 Å².